The van der Waals surface area contributed by atoms with Gasteiger partial charge in [0.05, 0.1) is 11.8 Å². The zero-order chi connectivity index (χ0) is 8.27. The Labute approximate surface area is 74.4 Å². The molecule has 0 amide bonds. The fraction of sp³-hybridized carbons (Fsp3) is 0.375. The fourth-order valence-electron chi connectivity index (χ4n) is 0.813. The molecule has 11 heavy (non-hydrogen) atoms. The van der Waals surface area contributed by atoms with Crippen molar-refractivity contribution in [2.24, 2.45) is 0 Å². The minimum Gasteiger partial charge on any atom is -0.387 e. The molecular formula is C8H10BrNO. The third kappa shape index (κ3) is 2.27. The van der Waals surface area contributed by atoms with E-state index >= 15 is 0 Å². The van der Waals surface area contributed by atoms with E-state index in [9.17, 15) is 5.11 Å². The number of aliphatic hydroxyl groups is 1. The summed E-state index contributed by atoms with van der Waals surface area (Å²) >= 11 is 3.31. The van der Waals surface area contributed by atoms with Gasteiger partial charge in [-0.15, -0.1) is 0 Å². The summed E-state index contributed by atoms with van der Waals surface area (Å²) in [5.41, 5.74) is 0.724. The number of halogens is 1. The summed E-state index contributed by atoms with van der Waals surface area (Å²) in [4.78, 5) is 4.03. The van der Waals surface area contributed by atoms with E-state index in [0.717, 1.165) is 10.2 Å². The van der Waals surface area contributed by atoms with Crippen LogP contribution >= 0.6 is 15.9 Å². The number of rotatable bonds is 2. The van der Waals surface area contributed by atoms with Crippen molar-refractivity contribution in [3.8, 4) is 0 Å². The lowest BCUT2D eigenvalue weighted by molar-refractivity contribution is 0.169. The van der Waals surface area contributed by atoms with Crippen LogP contribution in [0.25, 0.3) is 0 Å². The highest BCUT2D eigenvalue weighted by atomic mass is 79.9. The number of pyridine rings is 1. The molecule has 1 aromatic heterocycles. The highest BCUT2D eigenvalue weighted by molar-refractivity contribution is 9.10. The third-order valence-corrected chi connectivity index (χ3v) is 1.96. The standard InChI is InChI=1S/C8H10BrNO/c1-2-8(11)7-5-6(9)3-4-10-7/h3-5,8,11H,2H2,1H3. The van der Waals surface area contributed by atoms with Gasteiger partial charge in [0.2, 0.25) is 0 Å². The fourth-order valence-corrected chi connectivity index (χ4v) is 1.17. The van der Waals surface area contributed by atoms with Gasteiger partial charge in [0.25, 0.3) is 0 Å². The summed E-state index contributed by atoms with van der Waals surface area (Å²) < 4.78 is 0.954. The second-order valence-electron chi connectivity index (χ2n) is 2.32. The molecular weight excluding hydrogens is 206 g/mol. The third-order valence-electron chi connectivity index (χ3n) is 1.47. The Morgan fingerprint density at radius 1 is 1.73 bits per heavy atom. The van der Waals surface area contributed by atoms with Gasteiger partial charge in [-0.3, -0.25) is 4.98 Å². The molecule has 3 heteroatoms. The minimum atomic E-state index is -0.438. The first-order chi connectivity index (χ1) is 5.24. The molecule has 1 aromatic rings. The van der Waals surface area contributed by atoms with Crippen LogP contribution in [0, 0.1) is 0 Å². The molecule has 1 N–H and O–H groups in total. The van der Waals surface area contributed by atoms with E-state index in [2.05, 4.69) is 20.9 Å². The van der Waals surface area contributed by atoms with Gasteiger partial charge in [-0.1, -0.05) is 22.9 Å². The van der Waals surface area contributed by atoms with Crippen LogP contribution in [0.15, 0.2) is 22.8 Å². The van der Waals surface area contributed by atoms with Gasteiger partial charge >= 0.3 is 0 Å². The quantitative estimate of drug-likeness (QED) is 0.822. The van der Waals surface area contributed by atoms with E-state index in [-0.39, 0.29) is 0 Å². The van der Waals surface area contributed by atoms with E-state index in [0.29, 0.717) is 6.42 Å². The van der Waals surface area contributed by atoms with Gasteiger partial charge < -0.3 is 5.11 Å². The van der Waals surface area contributed by atoms with Crippen molar-refractivity contribution in [2.45, 2.75) is 19.4 Å². The van der Waals surface area contributed by atoms with E-state index < -0.39 is 6.10 Å². The van der Waals surface area contributed by atoms with Crippen LogP contribution in [-0.4, -0.2) is 10.1 Å². The van der Waals surface area contributed by atoms with Gasteiger partial charge in [0.1, 0.15) is 0 Å². The number of hydrogen-bond donors (Lipinski definition) is 1. The molecule has 0 saturated carbocycles. The maximum Gasteiger partial charge on any atom is 0.0957 e. The van der Waals surface area contributed by atoms with Gasteiger partial charge in [-0.05, 0) is 18.6 Å². The van der Waals surface area contributed by atoms with E-state index in [1.165, 1.54) is 0 Å². The zero-order valence-electron chi connectivity index (χ0n) is 6.29. The van der Waals surface area contributed by atoms with E-state index in [1.54, 1.807) is 6.20 Å². The molecule has 0 aliphatic rings. The van der Waals surface area contributed by atoms with Gasteiger partial charge in [0.15, 0.2) is 0 Å². The van der Waals surface area contributed by atoms with Crippen molar-refractivity contribution in [3.63, 3.8) is 0 Å². The first-order valence-corrected chi connectivity index (χ1v) is 4.33. The molecule has 0 aliphatic heterocycles. The largest absolute Gasteiger partial charge is 0.387 e. The van der Waals surface area contributed by atoms with E-state index in [4.69, 9.17) is 0 Å². The Morgan fingerprint density at radius 3 is 3.00 bits per heavy atom. The van der Waals surface area contributed by atoms with Crippen molar-refractivity contribution in [1.29, 1.82) is 0 Å². The van der Waals surface area contributed by atoms with Crippen LogP contribution in [-0.2, 0) is 0 Å². The number of hydrogen-bond acceptors (Lipinski definition) is 2. The summed E-state index contributed by atoms with van der Waals surface area (Å²) in [6, 6.07) is 3.67. The lowest BCUT2D eigenvalue weighted by Crippen LogP contribution is -1.97. The van der Waals surface area contributed by atoms with Gasteiger partial charge in [-0.2, -0.15) is 0 Å². The van der Waals surface area contributed by atoms with Crippen molar-refractivity contribution in [2.75, 3.05) is 0 Å². The molecule has 0 spiro atoms. The molecule has 1 atom stereocenters. The van der Waals surface area contributed by atoms with Gasteiger partial charge in [-0.25, -0.2) is 0 Å². The summed E-state index contributed by atoms with van der Waals surface area (Å²) in [5.74, 6) is 0. The average Bonchev–Trinajstić information content (AvgIpc) is 2.03. The molecule has 1 unspecified atom stereocenters. The lowest BCUT2D eigenvalue weighted by Gasteiger charge is -2.05. The second-order valence-corrected chi connectivity index (χ2v) is 3.24. The topological polar surface area (TPSA) is 33.1 Å². The highest BCUT2D eigenvalue weighted by Gasteiger charge is 2.04. The molecule has 60 valence electrons. The van der Waals surface area contributed by atoms with Crippen LogP contribution in [0.3, 0.4) is 0 Å². The van der Waals surface area contributed by atoms with Crippen LogP contribution in [0.2, 0.25) is 0 Å². The Kier molecular flexibility index (Phi) is 3.02. The van der Waals surface area contributed by atoms with Crippen LogP contribution in [0.5, 0.6) is 0 Å². The Hall–Kier alpha value is -0.410. The molecule has 0 bridgehead atoms. The molecule has 0 saturated heterocycles. The SMILES string of the molecule is CCC(O)c1cc(Br)ccn1. The normalized spacial score (nSPS) is 13.0. The number of nitrogens with zero attached hydrogens (tertiary/aromatic N) is 1. The predicted molar refractivity (Wildman–Crippen MR) is 47.2 cm³/mol. The first kappa shape index (κ1) is 8.68. The predicted octanol–water partition coefficient (Wildman–Crippen LogP) is 2.29. The second kappa shape index (κ2) is 3.83. The monoisotopic (exact) mass is 215 g/mol. The van der Waals surface area contributed by atoms with Crippen LogP contribution in [0.1, 0.15) is 25.1 Å². The Bertz CT molecular complexity index is 239. The summed E-state index contributed by atoms with van der Waals surface area (Å²) in [6.07, 6.45) is 1.94. The zero-order valence-corrected chi connectivity index (χ0v) is 7.87. The van der Waals surface area contributed by atoms with E-state index in [1.807, 2.05) is 19.1 Å². The highest BCUT2D eigenvalue weighted by Crippen LogP contribution is 2.17. The Morgan fingerprint density at radius 2 is 2.45 bits per heavy atom. The number of aliphatic hydroxyl groups excluding tert-OH is 1. The smallest absolute Gasteiger partial charge is 0.0957 e. The molecule has 2 nitrogen and oxygen atoms in total. The van der Waals surface area contributed by atoms with Crippen molar-refractivity contribution in [1.82, 2.24) is 4.98 Å². The van der Waals surface area contributed by atoms with Gasteiger partial charge in [0, 0.05) is 10.7 Å². The molecule has 1 rings (SSSR count). The summed E-state index contributed by atoms with van der Waals surface area (Å²) in [7, 11) is 0. The molecule has 0 aliphatic carbocycles. The van der Waals surface area contributed by atoms with Crippen LogP contribution in [0.4, 0.5) is 0 Å². The maximum absolute atomic E-state index is 9.37. The lowest BCUT2D eigenvalue weighted by atomic mass is 10.2. The maximum atomic E-state index is 9.37. The number of aromatic nitrogens is 1. The summed E-state index contributed by atoms with van der Waals surface area (Å²) in [6.45, 7) is 1.92. The van der Waals surface area contributed by atoms with Crippen molar-refractivity contribution in [3.05, 3.63) is 28.5 Å². The van der Waals surface area contributed by atoms with Crippen LogP contribution < -0.4 is 0 Å². The molecule has 1 heterocycles. The molecule has 0 radical (unpaired) electrons. The average molecular weight is 216 g/mol. The minimum absolute atomic E-state index is 0.438. The van der Waals surface area contributed by atoms with Crippen molar-refractivity contribution < 1.29 is 5.11 Å². The van der Waals surface area contributed by atoms with Crippen molar-refractivity contribution >= 4 is 15.9 Å². The Balaban J connectivity index is 2.86. The first-order valence-electron chi connectivity index (χ1n) is 3.53. The summed E-state index contributed by atoms with van der Waals surface area (Å²) in [5, 5.41) is 9.37. The molecule has 0 fully saturated rings. The molecule has 0 aromatic carbocycles.